The van der Waals surface area contributed by atoms with Crippen molar-refractivity contribution in [2.45, 2.75) is 0 Å². The molecule has 0 rings (SSSR count). The Hall–Kier alpha value is 2.56. The standard InChI is InChI=1S/3AsH3O4.2Pb/c3*2-1(3,4)5;;/h3*(H3,2,3,4,5);;/p-8. The summed E-state index contributed by atoms with van der Waals surface area (Å²) in [6, 6.07) is 0. The smallest absolute Gasteiger partial charge is 0 e. The molecule has 8 radical (unpaired) electrons. The van der Waals surface area contributed by atoms with Gasteiger partial charge < -0.3 is 0 Å². The maximum Gasteiger partial charge on any atom is 0 e. The quantitative estimate of drug-likeness (QED) is 0.224. The van der Waals surface area contributed by atoms with Crippen molar-refractivity contribution >= 4 is 98.1 Å². The third-order valence-electron chi connectivity index (χ3n) is 0. The van der Waals surface area contributed by atoms with Gasteiger partial charge in [0, 0.05) is 54.6 Å². The van der Waals surface area contributed by atoms with E-state index >= 15 is 0 Å². The van der Waals surface area contributed by atoms with Crippen molar-refractivity contribution < 1.29 is 48.1 Å². The summed E-state index contributed by atoms with van der Waals surface area (Å²) in [6.45, 7) is 0. The van der Waals surface area contributed by atoms with Crippen LogP contribution in [-0.2, 0) is 11.2 Å². The van der Waals surface area contributed by atoms with Gasteiger partial charge >= 0.3 is 91.6 Å². The topological polar surface area (TPSA) is 256 Å². The summed E-state index contributed by atoms with van der Waals surface area (Å²) in [5, 5.41) is 0. The molecule has 0 saturated heterocycles. The first-order valence-electron chi connectivity index (χ1n) is 2.21. The summed E-state index contributed by atoms with van der Waals surface area (Å²) in [4.78, 5) is 0. The van der Waals surface area contributed by atoms with Crippen LogP contribution < -0.4 is 32.8 Å². The van der Waals surface area contributed by atoms with Crippen LogP contribution >= 0.6 is 0 Å². The van der Waals surface area contributed by atoms with Gasteiger partial charge in [0.15, 0.2) is 0 Å². The van der Waals surface area contributed by atoms with Gasteiger partial charge in [-0.25, -0.2) is 0 Å². The normalized spacial score (nSPS) is 10.4. The first kappa shape index (κ1) is 31.8. The van der Waals surface area contributed by atoms with Crippen molar-refractivity contribution in [3.8, 4) is 0 Å². The molecule has 0 aliphatic carbocycles. The zero-order valence-electron chi connectivity index (χ0n) is 7.28. The van der Waals surface area contributed by atoms with Crippen LogP contribution in [0.1, 0.15) is 0 Å². The Kier molecular flexibility index (Phi) is 25.3. The first-order valence-corrected chi connectivity index (χ1v) is 11.5. The molecule has 12 nitrogen and oxygen atoms in total. The van der Waals surface area contributed by atoms with Crippen LogP contribution in [0.4, 0.5) is 0 Å². The van der Waals surface area contributed by atoms with E-state index in [1.807, 2.05) is 0 Å². The van der Waals surface area contributed by atoms with E-state index < -0.39 is 43.5 Å². The van der Waals surface area contributed by atoms with Crippen LogP contribution in [0.5, 0.6) is 0 Å². The van der Waals surface area contributed by atoms with Gasteiger partial charge in [0.05, 0.1) is 0 Å². The van der Waals surface area contributed by atoms with Crippen molar-refractivity contribution in [1.82, 2.24) is 0 Å². The van der Waals surface area contributed by atoms with Crippen LogP contribution in [0.2, 0.25) is 0 Å². The molecule has 0 fully saturated rings. The second-order valence-corrected chi connectivity index (χ2v) is 7.08. The van der Waals surface area contributed by atoms with E-state index in [1.165, 1.54) is 0 Å². The van der Waals surface area contributed by atoms with Crippen LogP contribution in [0, 0.1) is 0 Å². The summed E-state index contributed by atoms with van der Waals surface area (Å²) in [5.74, 6) is 0. The number of hydrogen-bond donors (Lipinski definition) is 1. The predicted octanol–water partition coefficient (Wildman–Crippen LogP) is -12.3. The fourth-order valence-electron chi connectivity index (χ4n) is 0. The second-order valence-electron chi connectivity index (χ2n) is 1.36. The molecule has 17 heteroatoms. The first-order chi connectivity index (χ1) is 6.00. The van der Waals surface area contributed by atoms with Crippen LogP contribution in [0.3, 0.4) is 0 Å². The van der Waals surface area contributed by atoms with Gasteiger partial charge in [-0.05, 0) is 0 Å². The SMILES string of the molecule is O=[As]([O-])([O-])O.O=[As]([O-])([O-])[O-].O=[As]([O-])([O-])[O-].[Pb].[Pb]. The maximum absolute atomic E-state index is 8.72. The minimum absolute atomic E-state index is 0. The van der Waals surface area contributed by atoms with Crippen molar-refractivity contribution in [2.24, 2.45) is 0 Å². The number of hydrogen-bond acceptors (Lipinski definition) is 11. The zero-order valence-corrected chi connectivity index (χ0v) is 20.7. The average Bonchev–Trinajstić information content (AvgIpc) is 1.41. The molecule has 1 N–H and O–H groups in total. The molecule has 0 aromatic heterocycles. The van der Waals surface area contributed by atoms with E-state index in [-0.39, 0.29) is 54.6 Å². The summed E-state index contributed by atoms with van der Waals surface area (Å²) >= 11 is -17.4. The van der Waals surface area contributed by atoms with E-state index in [1.54, 1.807) is 0 Å². The Morgan fingerprint density at radius 3 is 0.588 bits per heavy atom. The molecule has 17 heavy (non-hydrogen) atoms. The molecular formula is HAs3O12Pb2-8. The summed E-state index contributed by atoms with van der Waals surface area (Å²) in [7, 11) is 0. The van der Waals surface area contributed by atoms with Crippen LogP contribution in [0.25, 0.3) is 0 Å². The van der Waals surface area contributed by atoms with Crippen molar-refractivity contribution in [3.05, 3.63) is 0 Å². The molecule has 0 aliphatic heterocycles. The Labute approximate surface area is 144 Å². The molecule has 0 aromatic rings. The number of rotatable bonds is 0. The van der Waals surface area contributed by atoms with Crippen molar-refractivity contribution in [1.29, 1.82) is 0 Å². The molecule has 0 aromatic carbocycles. The fraction of sp³-hybridized carbons (Fsp3) is 0. The maximum atomic E-state index is 8.72. The Morgan fingerprint density at radius 1 is 0.588 bits per heavy atom. The molecule has 0 heterocycles. The van der Waals surface area contributed by atoms with E-state index in [0.29, 0.717) is 0 Å². The third kappa shape index (κ3) is 777. The van der Waals surface area contributed by atoms with Gasteiger partial charge in [0.25, 0.3) is 0 Å². The predicted molar refractivity (Wildman–Crippen MR) is 33.0 cm³/mol. The molecule has 0 aliphatic rings. The Balaban J connectivity index is -0.0000000400. The van der Waals surface area contributed by atoms with E-state index in [9.17, 15) is 0 Å². The Morgan fingerprint density at radius 2 is 0.588 bits per heavy atom. The third-order valence-corrected chi connectivity index (χ3v) is 0. The molecule has 104 valence electrons. The zero-order chi connectivity index (χ0) is 13.5. The minimum atomic E-state index is -5.88. The summed E-state index contributed by atoms with van der Waals surface area (Å²) in [5.41, 5.74) is 0. The molecular weight excluding hydrogens is 831 g/mol. The molecule has 0 spiro atoms. The van der Waals surface area contributed by atoms with Crippen molar-refractivity contribution in [2.75, 3.05) is 0 Å². The van der Waals surface area contributed by atoms with Gasteiger partial charge in [-0.1, -0.05) is 0 Å². The van der Waals surface area contributed by atoms with E-state index in [0.717, 1.165) is 0 Å². The van der Waals surface area contributed by atoms with Gasteiger partial charge in [0.2, 0.25) is 0 Å². The Bertz CT molecular complexity index is 206. The van der Waals surface area contributed by atoms with Crippen LogP contribution in [0.15, 0.2) is 0 Å². The summed E-state index contributed by atoms with van der Waals surface area (Å²) < 4.78 is 102. The second kappa shape index (κ2) is 13.5. The van der Waals surface area contributed by atoms with Gasteiger partial charge in [-0.2, -0.15) is 0 Å². The average molecular weight is 832 g/mol. The van der Waals surface area contributed by atoms with E-state index in [4.69, 9.17) is 48.1 Å². The van der Waals surface area contributed by atoms with Gasteiger partial charge in [-0.3, -0.25) is 0 Å². The van der Waals surface area contributed by atoms with Crippen molar-refractivity contribution in [3.63, 3.8) is 0 Å². The van der Waals surface area contributed by atoms with Crippen LogP contribution in [-0.4, -0.2) is 102 Å². The molecule has 0 atom stereocenters. The molecule has 0 bridgehead atoms. The molecule has 0 unspecified atom stereocenters. The molecule has 0 saturated carbocycles. The largest absolute Gasteiger partial charge is 0 e. The minimum Gasteiger partial charge on any atom is 0 e. The molecule has 0 amide bonds. The fourth-order valence-corrected chi connectivity index (χ4v) is 0. The van der Waals surface area contributed by atoms with Gasteiger partial charge in [-0.15, -0.1) is 0 Å². The monoisotopic (exact) mass is 834 g/mol. The van der Waals surface area contributed by atoms with E-state index in [2.05, 4.69) is 0 Å². The van der Waals surface area contributed by atoms with Gasteiger partial charge in [0.1, 0.15) is 0 Å². The summed E-state index contributed by atoms with van der Waals surface area (Å²) in [6.07, 6.45) is 0.